The molecule has 0 aliphatic carbocycles. The first-order chi connectivity index (χ1) is 15.6. The Labute approximate surface area is 191 Å². The summed E-state index contributed by atoms with van der Waals surface area (Å²) >= 11 is 2.00. The van der Waals surface area contributed by atoms with Crippen molar-refractivity contribution >= 4 is 23.7 Å². The summed E-state index contributed by atoms with van der Waals surface area (Å²) in [6.45, 7) is 7.32. The van der Waals surface area contributed by atoms with Crippen molar-refractivity contribution in [1.29, 1.82) is 0 Å². The minimum absolute atomic E-state index is 0.185. The molecule has 3 saturated heterocycles. The van der Waals surface area contributed by atoms with Gasteiger partial charge in [0.05, 0.1) is 23.1 Å². The van der Waals surface area contributed by atoms with E-state index in [4.69, 9.17) is 4.74 Å². The molecule has 0 radical (unpaired) electrons. The molecule has 0 unspecified atom stereocenters. The molecule has 32 heavy (non-hydrogen) atoms. The van der Waals surface area contributed by atoms with Crippen molar-refractivity contribution in [2.75, 3.05) is 56.5 Å². The highest BCUT2D eigenvalue weighted by molar-refractivity contribution is 8.01. The lowest BCUT2D eigenvalue weighted by Crippen LogP contribution is -2.61. The molecule has 5 heterocycles. The number of amides is 1. The molecule has 170 valence electrons. The minimum atomic E-state index is -0.388. The van der Waals surface area contributed by atoms with Gasteiger partial charge in [0, 0.05) is 63.5 Å². The highest BCUT2D eigenvalue weighted by Gasteiger charge is 2.52. The second-order valence-electron chi connectivity index (χ2n) is 8.53. The molecule has 0 bridgehead atoms. The van der Waals surface area contributed by atoms with E-state index in [0.29, 0.717) is 24.0 Å². The number of piperazine rings is 1. The number of rotatable bonds is 4. The summed E-state index contributed by atoms with van der Waals surface area (Å²) in [6, 6.07) is 3.73. The number of aromatic nitrogens is 3. The third-order valence-electron chi connectivity index (χ3n) is 6.44. The number of likely N-dealkylation sites (tertiary alicyclic amines) is 1. The molecular formula is C22H27FN6O2S. The van der Waals surface area contributed by atoms with E-state index in [9.17, 15) is 9.18 Å². The number of ether oxygens (including phenoxy) is 1. The molecule has 0 aromatic carbocycles. The standard InChI is InChI=1S/C22H27FN6O2S/c1-2-31-21(30)29-14-22(15-29)11-17(13-32-22)27-6-8-28(9-7-27)20-18(10-16(23)12-26-20)19-24-4-3-5-25-19/h3-5,10,12,17H,2,6-9,11,13-15H2,1H3/t17-/m0/s1. The number of nitrogens with zero attached hydrogens (tertiary/aromatic N) is 6. The van der Waals surface area contributed by atoms with Gasteiger partial charge < -0.3 is 14.5 Å². The van der Waals surface area contributed by atoms with Crippen LogP contribution in [-0.2, 0) is 4.74 Å². The van der Waals surface area contributed by atoms with Gasteiger partial charge in [0.1, 0.15) is 11.6 Å². The van der Waals surface area contributed by atoms with Gasteiger partial charge in [-0.15, -0.1) is 11.8 Å². The number of pyridine rings is 1. The van der Waals surface area contributed by atoms with Crippen LogP contribution < -0.4 is 4.90 Å². The summed E-state index contributed by atoms with van der Waals surface area (Å²) in [7, 11) is 0. The van der Waals surface area contributed by atoms with Crippen molar-refractivity contribution in [3.05, 3.63) is 36.5 Å². The summed E-state index contributed by atoms with van der Waals surface area (Å²) in [5, 5.41) is 0. The highest BCUT2D eigenvalue weighted by Crippen LogP contribution is 2.46. The average Bonchev–Trinajstić information content (AvgIpc) is 3.25. The quantitative estimate of drug-likeness (QED) is 0.692. The predicted octanol–water partition coefficient (Wildman–Crippen LogP) is 2.52. The van der Waals surface area contributed by atoms with E-state index in [1.54, 1.807) is 18.5 Å². The van der Waals surface area contributed by atoms with Crippen molar-refractivity contribution in [3.63, 3.8) is 0 Å². The van der Waals surface area contributed by atoms with Crippen LogP contribution >= 0.6 is 11.8 Å². The monoisotopic (exact) mass is 458 g/mol. The number of halogens is 1. The van der Waals surface area contributed by atoms with Crippen molar-refractivity contribution in [2.24, 2.45) is 0 Å². The van der Waals surface area contributed by atoms with Crippen LogP contribution in [0, 0.1) is 5.82 Å². The minimum Gasteiger partial charge on any atom is -0.450 e. The van der Waals surface area contributed by atoms with Crippen LogP contribution in [0.5, 0.6) is 0 Å². The third kappa shape index (κ3) is 4.13. The molecular weight excluding hydrogens is 431 g/mol. The first-order valence-corrected chi connectivity index (χ1v) is 12.0. The van der Waals surface area contributed by atoms with E-state index < -0.39 is 0 Å². The Balaban J connectivity index is 1.20. The molecule has 0 saturated carbocycles. The molecule has 5 rings (SSSR count). The fourth-order valence-electron chi connectivity index (χ4n) is 4.85. The van der Waals surface area contributed by atoms with E-state index in [1.807, 2.05) is 23.6 Å². The average molecular weight is 459 g/mol. The van der Waals surface area contributed by atoms with Crippen molar-refractivity contribution < 1.29 is 13.9 Å². The number of hydrogen-bond acceptors (Lipinski definition) is 8. The normalized spacial score (nSPS) is 22.8. The molecule has 3 aliphatic heterocycles. The Morgan fingerprint density at radius 3 is 2.69 bits per heavy atom. The molecule has 2 aromatic heterocycles. The Morgan fingerprint density at radius 1 is 1.22 bits per heavy atom. The van der Waals surface area contributed by atoms with Crippen LogP contribution in [0.15, 0.2) is 30.7 Å². The predicted molar refractivity (Wildman–Crippen MR) is 121 cm³/mol. The Hall–Kier alpha value is -2.46. The van der Waals surface area contributed by atoms with E-state index in [1.165, 1.54) is 12.3 Å². The lowest BCUT2D eigenvalue weighted by molar-refractivity contribution is 0.0603. The molecule has 1 spiro atoms. The van der Waals surface area contributed by atoms with Gasteiger partial charge in [-0.25, -0.2) is 24.1 Å². The SMILES string of the molecule is CCOC(=O)N1CC2(C[C@H](N3CCN(c4ncc(F)cc4-c4ncccn4)CC3)CS2)C1. The Morgan fingerprint density at radius 2 is 1.97 bits per heavy atom. The highest BCUT2D eigenvalue weighted by atomic mass is 32.2. The fourth-order valence-corrected chi connectivity index (χ4v) is 6.53. The largest absolute Gasteiger partial charge is 0.450 e. The van der Waals surface area contributed by atoms with E-state index in [0.717, 1.165) is 57.3 Å². The van der Waals surface area contributed by atoms with Crippen LogP contribution in [0.3, 0.4) is 0 Å². The van der Waals surface area contributed by atoms with Gasteiger partial charge in [-0.2, -0.15) is 0 Å². The van der Waals surface area contributed by atoms with Crippen LogP contribution in [0.4, 0.5) is 15.0 Å². The van der Waals surface area contributed by atoms with Crippen LogP contribution in [0.25, 0.3) is 11.4 Å². The molecule has 3 aliphatic rings. The molecule has 1 atom stereocenters. The van der Waals surface area contributed by atoms with E-state index in [-0.39, 0.29) is 16.7 Å². The summed E-state index contributed by atoms with van der Waals surface area (Å²) in [5.41, 5.74) is 0.628. The second kappa shape index (κ2) is 8.82. The number of hydrogen-bond donors (Lipinski definition) is 0. The van der Waals surface area contributed by atoms with Crippen molar-refractivity contribution in [3.8, 4) is 11.4 Å². The Kier molecular flexibility index (Phi) is 5.90. The van der Waals surface area contributed by atoms with Gasteiger partial charge >= 0.3 is 6.09 Å². The Bertz CT molecular complexity index is 966. The summed E-state index contributed by atoms with van der Waals surface area (Å²) in [6.07, 6.45) is 5.49. The number of carbonyl (C=O) groups is 1. The zero-order chi connectivity index (χ0) is 22.1. The van der Waals surface area contributed by atoms with Crippen molar-refractivity contribution in [2.45, 2.75) is 24.1 Å². The van der Waals surface area contributed by atoms with Crippen LogP contribution in [-0.4, -0.2) is 93.3 Å². The van der Waals surface area contributed by atoms with Gasteiger partial charge in [0.2, 0.25) is 0 Å². The molecule has 1 amide bonds. The summed E-state index contributed by atoms with van der Waals surface area (Å²) < 4.78 is 19.2. The summed E-state index contributed by atoms with van der Waals surface area (Å²) in [5.74, 6) is 1.93. The number of thioether (sulfide) groups is 1. The van der Waals surface area contributed by atoms with Crippen molar-refractivity contribution in [1.82, 2.24) is 24.8 Å². The third-order valence-corrected chi connectivity index (χ3v) is 8.03. The number of anilines is 1. The van der Waals surface area contributed by atoms with Crippen LogP contribution in [0.1, 0.15) is 13.3 Å². The fraction of sp³-hybridized carbons (Fsp3) is 0.545. The van der Waals surface area contributed by atoms with Gasteiger partial charge in [0.25, 0.3) is 0 Å². The van der Waals surface area contributed by atoms with Gasteiger partial charge in [-0.3, -0.25) is 4.90 Å². The van der Waals surface area contributed by atoms with Crippen LogP contribution in [0.2, 0.25) is 0 Å². The molecule has 8 nitrogen and oxygen atoms in total. The van der Waals surface area contributed by atoms with Gasteiger partial charge in [-0.1, -0.05) is 0 Å². The molecule has 3 fully saturated rings. The second-order valence-corrected chi connectivity index (χ2v) is 10.0. The first kappa shape index (κ1) is 21.4. The topological polar surface area (TPSA) is 74.7 Å². The van der Waals surface area contributed by atoms with Gasteiger partial charge in [0.15, 0.2) is 5.82 Å². The maximum atomic E-state index is 13.9. The zero-order valence-electron chi connectivity index (χ0n) is 18.1. The number of carbonyl (C=O) groups excluding carboxylic acids is 1. The van der Waals surface area contributed by atoms with E-state index >= 15 is 0 Å². The smallest absolute Gasteiger partial charge is 0.409 e. The molecule has 0 N–H and O–H groups in total. The molecule has 10 heteroatoms. The lowest BCUT2D eigenvalue weighted by Gasteiger charge is -2.47. The summed E-state index contributed by atoms with van der Waals surface area (Å²) in [4.78, 5) is 31.4. The van der Waals surface area contributed by atoms with Gasteiger partial charge in [-0.05, 0) is 25.5 Å². The molecule has 2 aromatic rings. The maximum absolute atomic E-state index is 13.9. The first-order valence-electron chi connectivity index (χ1n) is 11.0. The lowest BCUT2D eigenvalue weighted by atomic mass is 9.91. The zero-order valence-corrected chi connectivity index (χ0v) is 18.9. The van der Waals surface area contributed by atoms with E-state index in [2.05, 4.69) is 24.8 Å². The maximum Gasteiger partial charge on any atom is 0.409 e.